The second kappa shape index (κ2) is 26.4. The monoisotopic (exact) mass is 884 g/mol. The predicted octanol–water partition coefficient (Wildman–Crippen LogP) is 13.9. The molecule has 0 saturated heterocycles. The van der Waals surface area contributed by atoms with Gasteiger partial charge in [0.25, 0.3) is 0 Å². The van der Waals surface area contributed by atoms with Crippen LogP contribution < -0.4 is 41.1 Å². The molecule has 0 amide bonds. The largest absolute Gasteiger partial charge is 0.496 e. The Hall–Kier alpha value is -2.27. The number of nitrogens with zero attached hydrogens (tertiary/aromatic N) is 1. The van der Waals surface area contributed by atoms with E-state index in [1.54, 1.807) is 10.4 Å². The van der Waals surface area contributed by atoms with Crippen LogP contribution in [-0.4, -0.2) is 40.9 Å². The fourth-order valence-electron chi connectivity index (χ4n) is 9.54. The summed E-state index contributed by atoms with van der Waals surface area (Å²) in [5.74, 6) is 1.90. The number of hydrogen-bond donors (Lipinski definition) is 0. The van der Waals surface area contributed by atoms with Gasteiger partial charge in [0, 0.05) is 32.8 Å². The van der Waals surface area contributed by atoms with Crippen molar-refractivity contribution in [1.82, 2.24) is 4.44 Å². The van der Waals surface area contributed by atoms with E-state index in [1.807, 2.05) is 14.2 Å². The first-order valence-electron chi connectivity index (χ1n) is 24.1. The summed E-state index contributed by atoms with van der Waals surface area (Å²) in [5.41, 5.74) is 0. The van der Waals surface area contributed by atoms with Gasteiger partial charge in [-0.05, 0) is 48.7 Å². The molecule has 4 rings (SSSR count). The maximum atomic E-state index is 6.26. The van der Waals surface area contributed by atoms with Crippen molar-refractivity contribution in [1.29, 1.82) is 0 Å². The number of para-hydroxylation sites is 2. The molecule has 0 bridgehead atoms. The third kappa shape index (κ3) is 12.9. The lowest BCUT2D eigenvalue weighted by atomic mass is 10.3. The van der Waals surface area contributed by atoms with E-state index < -0.39 is 32.3 Å². The zero-order chi connectivity index (χ0) is 43.4. The first kappa shape index (κ1) is 50.4. The number of rotatable bonds is 29. The van der Waals surface area contributed by atoms with E-state index in [-0.39, 0.29) is 6.04 Å². The molecule has 330 valence electrons. The van der Waals surface area contributed by atoms with Crippen LogP contribution in [0.25, 0.3) is 0 Å². The van der Waals surface area contributed by atoms with Crippen LogP contribution in [-0.2, 0) is 0 Å². The van der Waals surface area contributed by atoms with Crippen LogP contribution in [0.2, 0.25) is 36.3 Å². The molecule has 0 unspecified atom stereocenters. The molecule has 0 aromatic heterocycles. The number of unbranched alkanes of at least 4 members (excludes halogenated alkanes) is 6. The Morgan fingerprint density at radius 3 is 1.08 bits per heavy atom. The van der Waals surface area contributed by atoms with Crippen molar-refractivity contribution in [3.05, 3.63) is 97.1 Å². The van der Waals surface area contributed by atoms with Crippen molar-refractivity contribution >= 4 is 63.9 Å². The van der Waals surface area contributed by atoms with Gasteiger partial charge >= 0.3 is 0 Å². The smallest absolute Gasteiger partial charge is 0.128 e. The Morgan fingerprint density at radius 2 is 0.783 bits per heavy atom. The van der Waals surface area contributed by atoms with E-state index in [4.69, 9.17) is 9.47 Å². The summed E-state index contributed by atoms with van der Waals surface area (Å²) < 4.78 is 15.5. The Morgan fingerprint density at radius 1 is 0.450 bits per heavy atom. The SMILES string of the molecule is CCCC[Si](CCCC)(CCCC)c1cccc(P(c2cccc([Si](CCCC)(CCCC)CCCC)c2)N(C(C)C)P(c2ccccc2OC)c2ccccc2OC)c1. The zero-order valence-electron chi connectivity index (χ0n) is 39.7. The minimum Gasteiger partial charge on any atom is -0.496 e. The van der Waals surface area contributed by atoms with Gasteiger partial charge in [-0.3, -0.25) is 0 Å². The van der Waals surface area contributed by atoms with Gasteiger partial charge < -0.3 is 9.47 Å². The number of hydrogen-bond acceptors (Lipinski definition) is 3. The summed E-state index contributed by atoms with van der Waals surface area (Å²) in [6.07, 6.45) is 15.7. The first-order valence-corrected chi connectivity index (χ1v) is 31.9. The zero-order valence-corrected chi connectivity index (χ0v) is 43.5. The molecule has 3 nitrogen and oxygen atoms in total. The van der Waals surface area contributed by atoms with E-state index in [2.05, 4.69) is 157 Å². The molecule has 0 radical (unpaired) electrons. The van der Waals surface area contributed by atoms with Crippen molar-refractivity contribution in [3.63, 3.8) is 0 Å². The van der Waals surface area contributed by atoms with Crippen LogP contribution in [0.3, 0.4) is 0 Å². The molecule has 0 aliphatic rings. The lowest BCUT2D eigenvalue weighted by molar-refractivity contribution is 0.417. The topological polar surface area (TPSA) is 21.7 Å². The van der Waals surface area contributed by atoms with E-state index >= 15 is 0 Å². The molecule has 0 saturated carbocycles. The van der Waals surface area contributed by atoms with Gasteiger partial charge in [0.05, 0.1) is 30.4 Å². The molecule has 0 fully saturated rings. The van der Waals surface area contributed by atoms with Gasteiger partial charge in [0.15, 0.2) is 0 Å². The van der Waals surface area contributed by atoms with Gasteiger partial charge in [-0.25, -0.2) is 4.44 Å². The molecule has 0 spiro atoms. The standard InChI is InChI=1S/C53H83NO2P2Si2/c1-11-17-37-59(38-18-12-2,39-19-13-3)48-31-27-29-46(43-48)57(47-30-28-32-49(44-47)60(40-20-14-4,41-21-15-5)42-22-16-6)54(45(7)8)58(52-35-25-23-33-50(52)55-9)53-36-26-24-34-51(53)56-10/h23-36,43-45H,11-22,37-42H2,1-10H3. The molecule has 7 heteroatoms. The summed E-state index contributed by atoms with van der Waals surface area (Å²) in [7, 11) is -1.96. The van der Waals surface area contributed by atoms with Crippen molar-refractivity contribution < 1.29 is 9.47 Å². The fourth-order valence-corrected chi connectivity index (χ4v) is 27.5. The van der Waals surface area contributed by atoms with Gasteiger partial charge in [0.2, 0.25) is 0 Å². The minimum atomic E-state index is -1.78. The lowest BCUT2D eigenvalue weighted by Crippen LogP contribution is -2.49. The van der Waals surface area contributed by atoms with E-state index in [0.717, 1.165) is 11.5 Å². The number of benzene rings is 4. The minimum absolute atomic E-state index is 0.244. The highest BCUT2D eigenvalue weighted by atomic mass is 31.2. The maximum absolute atomic E-state index is 6.26. The van der Waals surface area contributed by atoms with Gasteiger partial charge in [-0.2, -0.15) is 0 Å². The predicted molar refractivity (Wildman–Crippen MR) is 277 cm³/mol. The van der Waals surface area contributed by atoms with Crippen LogP contribution in [0, 0.1) is 0 Å². The summed E-state index contributed by atoms with van der Waals surface area (Å²) in [6, 6.07) is 46.9. The molecule has 4 aromatic carbocycles. The Kier molecular flexibility index (Phi) is 22.2. The van der Waals surface area contributed by atoms with Crippen LogP contribution >= 0.6 is 16.1 Å². The van der Waals surface area contributed by atoms with Crippen LogP contribution in [0.15, 0.2) is 97.1 Å². The highest BCUT2D eigenvalue weighted by molar-refractivity contribution is 7.85. The quantitative estimate of drug-likeness (QED) is 0.0401. The molecule has 0 heterocycles. The van der Waals surface area contributed by atoms with Crippen LogP contribution in [0.5, 0.6) is 11.5 Å². The molecule has 0 atom stereocenters. The van der Waals surface area contributed by atoms with Crippen molar-refractivity contribution in [3.8, 4) is 11.5 Å². The highest BCUT2D eigenvalue weighted by Gasteiger charge is 2.40. The Labute approximate surface area is 373 Å². The van der Waals surface area contributed by atoms with E-state index in [1.165, 1.54) is 135 Å². The average Bonchev–Trinajstić information content (AvgIpc) is 3.29. The van der Waals surface area contributed by atoms with E-state index in [9.17, 15) is 0 Å². The summed E-state index contributed by atoms with van der Waals surface area (Å²) in [5, 5.41) is 8.94. The molecule has 0 aliphatic heterocycles. The fraction of sp³-hybridized carbons (Fsp3) is 0.547. The highest BCUT2D eigenvalue weighted by Crippen LogP contribution is 2.58. The van der Waals surface area contributed by atoms with Gasteiger partial charge in [-0.15, -0.1) is 0 Å². The normalized spacial score (nSPS) is 12.3. The third-order valence-corrected chi connectivity index (χ3v) is 29.9. The summed E-state index contributed by atoms with van der Waals surface area (Å²) in [4.78, 5) is 0. The first-order chi connectivity index (χ1) is 29.2. The van der Waals surface area contributed by atoms with Gasteiger partial charge in [0.1, 0.15) is 11.5 Å². The third-order valence-electron chi connectivity index (χ3n) is 13.0. The second-order valence-corrected chi connectivity index (χ2v) is 31.4. The molecule has 0 N–H and O–H groups in total. The molecular formula is C53H83NO2P2Si2. The molecule has 60 heavy (non-hydrogen) atoms. The Bertz CT molecular complexity index is 1650. The summed E-state index contributed by atoms with van der Waals surface area (Å²) in [6.45, 7) is 19.2. The molecule has 0 aliphatic carbocycles. The van der Waals surface area contributed by atoms with Crippen molar-refractivity contribution in [2.24, 2.45) is 0 Å². The lowest BCUT2D eigenvalue weighted by Gasteiger charge is -2.43. The van der Waals surface area contributed by atoms with Crippen LogP contribution in [0.4, 0.5) is 0 Å². The van der Waals surface area contributed by atoms with E-state index in [0.29, 0.717) is 0 Å². The van der Waals surface area contributed by atoms with Crippen molar-refractivity contribution in [2.75, 3.05) is 14.2 Å². The van der Waals surface area contributed by atoms with Crippen LogP contribution in [0.1, 0.15) is 132 Å². The van der Waals surface area contributed by atoms with Gasteiger partial charge in [-0.1, -0.05) is 238 Å². The molecular weight excluding hydrogens is 801 g/mol. The number of ether oxygens (including phenoxy) is 2. The number of methoxy groups -OCH3 is 2. The summed E-state index contributed by atoms with van der Waals surface area (Å²) >= 11 is 0. The van der Waals surface area contributed by atoms with Crippen molar-refractivity contribution in [2.45, 2.75) is 175 Å². The maximum Gasteiger partial charge on any atom is 0.128 e. The second-order valence-electron chi connectivity index (χ2n) is 17.7. The molecule has 4 aromatic rings. The Balaban J connectivity index is 2.15. The average molecular weight is 884 g/mol.